The molecule has 0 saturated carbocycles. The van der Waals surface area contributed by atoms with Crippen LogP contribution < -0.4 is 20.7 Å². The van der Waals surface area contributed by atoms with E-state index in [0.29, 0.717) is 25.3 Å². The van der Waals surface area contributed by atoms with Crippen molar-refractivity contribution in [3.8, 4) is 22.6 Å². The van der Waals surface area contributed by atoms with Crippen LogP contribution in [-0.4, -0.2) is 42.1 Å². The lowest BCUT2D eigenvalue weighted by molar-refractivity contribution is -0.125. The highest BCUT2D eigenvalue weighted by molar-refractivity contribution is 7.57. The zero-order valence-corrected chi connectivity index (χ0v) is 30.5. The van der Waals surface area contributed by atoms with Crippen molar-refractivity contribution >= 4 is 39.5 Å². The topological polar surface area (TPSA) is 79.5 Å². The second-order valence-electron chi connectivity index (χ2n) is 12.3. The maximum absolute atomic E-state index is 14.1. The van der Waals surface area contributed by atoms with E-state index in [1.807, 2.05) is 78.9 Å². The van der Waals surface area contributed by atoms with Gasteiger partial charge in [0.25, 0.3) is 0 Å². The van der Waals surface area contributed by atoms with Crippen LogP contribution in [0.1, 0.15) is 49.3 Å². The van der Waals surface area contributed by atoms with E-state index < -0.39 is 5.41 Å². The Labute approximate surface area is 286 Å². The molecule has 0 heterocycles. The van der Waals surface area contributed by atoms with E-state index in [9.17, 15) is 9.59 Å². The number of rotatable bonds is 16. The minimum absolute atomic E-state index is 0.0152. The Morgan fingerprint density at radius 2 is 1.43 bits per heavy atom. The smallest absolute Gasteiger partial charge is 0.235 e. The van der Waals surface area contributed by atoms with Crippen LogP contribution in [0.2, 0.25) is 0 Å². The van der Waals surface area contributed by atoms with Gasteiger partial charge in [-0.15, -0.1) is 27.7 Å². The molecule has 0 aliphatic heterocycles. The van der Waals surface area contributed by atoms with Crippen molar-refractivity contribution < 1.29 is 14.3 Å². The van der Waals surface area contributed by atoms with Crippen LogP contribution in [0.3, 0.4) is 0 Å². The third kappa shape index (κ3) is 8.87. The molecule has 4 atom stereocenters. The number of para-hydroxylation sites is 2. The van der Waals surface area contributed by atoms with Gasteiger partial charge in [0, 0.05) is 29.3 Å². The van der Waals surface area contributed by atoms with Crippen molar-refractivity contribution in [1.82, 2.24) is 16.0 Å². The molecule has 6 nitrogen and oxygen atoms in total. The van der Waals surface area contributed by atoms with E-state index in [2.05, 4.69) is 74.9 Å². The van der Waals surface area contributed by atoms with Gasteiger partial charge in [-0.1, -0.05) is 98.3 Å². The van der Waals surface area contributed by atoms with Gasteiger partial charge in [0.1, 0.15) is 16.9 Å². The summed E-state index contributed by atoms with van der Waals surface area (Å²) in [5, 5.41) is 10.00. The lowest BCUT2D eigenvalue weighted by atomic mass is 9.73. The molecule has 4 unspecified atom stereocenters. The van der Waals surface area contributed by atoms with E-state index >= 15 is 0 Å². The molecule has 9 heteroatoms. The standard InChI is InChI=1S/C38H46N3O3P3/c1-2-28(41-35(42)24-27-14-6-11-21-34(27)44-29-15-4-3-5-16-29)25-39-23-13-12-22-37(36(43)40-26-38(45,46)47)32-19-9-7-17-30(32)31-18-8-10-20-33(31)37/h3-11,14-21,28,39H,2,12-13,22-26,45-47H2,1H3,(H,40,43)(H,41,42). The first kappa shape index (κ1) is 35.2. The maximum Gasteiger partial charge on any atom is 0.235 e. The highest BCUT2D eigenvalue weighted by Crippen LogP contribution is 2.51. The molecule has 0 radical (unpaired) electrons. The molecule has 47 heavy (non-hydrogen) atoms. The molecule has 0 saturated heterocycles. The van der Waals surface area contributed by atoms with Gasteiger partial charge in [-0.25, -0.2) is 0 Å². The number of ether oxygens (including phenoxy) is 1. The minimum atomic E-state index is -0.737. The lowest BCUT2D eigenvalue weighted by Crippen LogP contribution is -2.46. The van der Waals surface area contributed by atoms with Crippen LogP contribution >= 0.6 is 27.7 Å². The molecule has 1 aliphatic carbocycles. The SMILES string of the molecule is CCC(CNCCCCC1(C(=O)NCC(P)(P)P)c2ccccc2-c2ccccc21)NC(=O)Cc1ccccc1Oc1ccccc1. The molecular formula is C38H46N3O3P3. The van der Waals surface area contributed by atoms with E-state index in [4.69, 9.17) is 4.74 Å². The van der Waals surface area contributed by atoms with Gasteiger partial charge in [-0.3, -0.25) is 9.59 Å². The summed E-state index contributed by atoms with van der Waals surface area (Å²) in [6.45, 7) is 4.08. The first-order chi connectivity index (χ1) is 22.7. The molecule has 0 aromatic heterocycles. The van der Waals surface area contributed by atoms with Gasteiger partial charge >= 0.3 is 0 Å². The van der Waals surface area contributed by atoms with Crippen LogP contribution in [0, 0.1) is 0 Å². The summed E-state index contributed by atoms with van der Waals surface area (Å²) in [6.07, 6.45) is 3.57. The molecule has 0 spiro atoms. The van der Waals surface area contributed by atoms with Crippen molar-refractivity contribution in [1.29, 1.82) is 0 Å². The zero-order valence-electron chi connectivity index (χ0n) is 27.0. The average Bonchev–Trinajstić information content (AvgIpc) is 3.36. The quantitative estimate of drug-likeness (QED) is 0.0874. The summed E-state index contributed by atoms with van der Waals surface area (Å²) in [5.41, 5.74) is 4.56. The molecule has 4 aromatic rings. The Morgan fingerprint density at radius 1 is 0.809 bits per heavy atom. The molecule has 2 amide bonds. The number of hydrogen-bond donors (Lipinski definition) is 3. The molecule has 0 bridgehead atoms. The van der Waals surface area contributed by atoms with Crippen LogP contribution in [-0.2, 0) is 21.4 Å². The predicted octanol–water partition coefficient (Wildman–Crippen LogP) is 7.04. The first-order valence-corrected chi connectivity index (χ1v) is 18.1. The van der Waals surface area contributed by atoms with Crippen LogP contribution in [0.25, 0.3) is 11.1 Å². The maximum atomic E-state index is 14.1. The van der Waals surface area contributed by atoms with E-state index in [1.54, 1.807) is 0 Å². The Hall–Kier alpha value is -3.13. The Bertz CT molecular complexity index is 1610. The van der Waals surface area contributed by atoms with Crippen LogP contribution in [0.5, 0.6) is 11.5 Å². The Kier molecular flexibility index (Phi) is 12.2. The summed E-state index contributed by atoms with van der Waals surface area (Å²) >= 11 is 0. The molecule has 3 N–H and O–H groups in total. The predicted molar refractivity (Wildman–Crippen MR) is 203 cm³/mol. The summed E-state index contributed by atoms with van der Waals surface area (Å²) in [5.74, 6) is 1.45. The van der Waals surface area contributed by atoms with E-state index in [-0.39, 0.29) is 28.9 Å². The summed E-state index contributed by atoms with van der Waals surface area (Å²) in [4.78, 5) is 27.2. The van der Waals surface area contributed by atoms with Crippen molar-refractivity contribution in [2.24, 2.45) is 0 Å². The number of benzene rings is 4. The normalized spacial score (nSPS) is 13.7. The van der Waals surface area contributed by atoms with E-state index in [1.165, 1.54) is 0 Å². The molecule has 246 valence electrons. The van der Waals surface area contributed by atoms with Gasteiger partial charge in [0.2, 0.25) is 11.8 Å². The van der Waals surface area contributed by atoms with Crippen molar-refractivity contribution in [3.05, 3.63) is 120 Å². The number of unbranched alkanes of at least 4 members (excludes halogenated alkanes) is 1. The molecule has 4 aromatic carbocycles. The highest BCUT2D eigenvalue weighted by Gasteiger charge is 2.48. The van der Waals surface area contributed by atoms with E-state index in [0.717, 1.165) is 59.4 Å². The fourth-order valence-corrected chi connectivity index (χ4v) is 6.67. The lowest BCUT2D eigenvalue weighted by Gasteiger charge is -2.32. The minimum Gasteiger partial charge on any atom is -0.457 e. The summed E-state index contributed by atoms with van der Waals surface area (Å²) < 4.78 is 5.79. The van der Waals surface area contributed by atoms with Gasteiger partial charge < -0.3 is 20.7 Å². The highest BCUT2D eigenvalue weighted by atomic mass is 31.1. The summed E-state index contributed by atoms with van der Waals surface area (Å²) in [6, 6.07) is 34.0. The van der Waals surface area contributed by atoms with Crippen molar-refractivity contribution in [2.75, 3.05) is 19.6 Å². The zero-order chi connectivity index (χ0) is 33.3. The van der Waals surface area contributed by atoms with Gasteiger partial charge in [-0.2, -0.15) is 0 Å². The Morgan fingerprint density at radius 3 is 2.09 bits per heavy atom. The second kappa shape index (κ2) is 16.3. The number of carbonyl (C=O) groups excluding carboxylic acids is 2. The number of amides is 2. The van der Waals surface area contributed by atoms with Crippen molar-refractivity contribution in [3.63, 3.8) is 0 Å². The van der Waals surface area contributed by atoms with Crippen molar-refractivity contribution in [2.45, 2.75) is 55.1 Å². The largest absolute Gasteiger partial charge is 0.457 e. The molecule has 5 rings (SSSR count). The number of fused-ring (bicyclic) bond motifs is 3. The van der Waals surface area contributed by atoms with Gasteiger partial charge in [-0.05, 0) is 66.3 Å². The van der Waals surface area contributed by atoms with Crippen LogP contribution in [0.4, 0.5) is 0 Å². The second-order valence-corrected chi connectivity index (χ2v) is 17.5. The third-order valence-corrected chi connectivity index (χ3v) is 9.32. The molecular weight excluding hydrogens is 639 g/mol. The number of carbonyl (C=O) groups is 2. The third-order valence-electron chi connectivity index (χ3n) is 8.71. The van der Waals surface area contributed by atoms with Crippen LogP contribution in [0.15, 0.2) is 103 Å². The number of nitrogens with one attached hydrogen (secondary N) is 3. The average molecular weight is 686 g/mol. The monoisotopic (exact) mass is 685 g/mol. The molecule has 1 aliphatic rings. The number of hydrogen-bond acceptors (Lipinski definition) is 4. The summed E-state index contributed by atoms with van der Waals surface area (Å²) in [7, 11) is 8.27. The van der Waals surface area contributed by atoms with Gasteiger partial charge in [0.15, 0.2) is 0 Å². The fraction of sp³-hybridized carbons (Fsp3) is 0.316. The van der Waals surface area contributed by atoms with Gasteiger partial charge in [0.05, 0.1) is 6.42 Å². The first-order valence-electron chi connectivity index (χ1n) is 16.4. The fourth-order valence-electron chi connectivity index (χ4n) is 6.37. The molecule has 0 fully saturated rings. The Balaban J connectivity index is 1.16.